The molecule has 0 unspecified atom stereocenters. The summed E-state index contributed by atoms with van der Waals surface area (Å²) in [5.41, 5.74) is 2.25. The predicted octanol–water partition coefficient (Wildman–Crippen LogP) is 3.43. The number of sulfone groups is 1. The number of piperidine rings is 1. The van der Waals surface area contributed by atoms with Crippen molar-refractivity contribution < 1.29 is 13.2 Å². The van der Waals surface area contributed by atoms with E-state index in [4.69, 9.17) is 4.98 Å². The Kier molecular flexibility index (Phi) is 8.59. The molecule has 0 bridgehead atoms. The lowest BCUT2D eigenvalue weighted by Crippen LogP contribution is -2.39. The van der Waals surface area contributed by atoms with Crippen LogP contribution in [-0.2, 0) is 27.7 Å². The Morgan fingerprint density at radius 1 is 0.977 bits per heavy atom. The molecule has 13 heteroatoms. The van der Waals surface area contributed by atoms with Gasteiger partial charge in [0.05, 0.1) is 17.3 Å². The number of hydrogen-bond donors (Lipinski definition) is 1. The highest BCUT2D eigenvalue weighted by Gasteiger charge is 2.27. The van der Waals surface area contributed by atoms with E-state index in [-0.39, 0.29) is 5.25 Å². The monoisotopic (exact) mass is 605 g/mol. The molecule has 0 radical (unpaired) electrons. The van der Waals surface area contributed by atoms with E-state index in [0.717, 1.165) is 60.8 Å². The van der Waals surface area contributed by atoms with Gasteiger partial charge in [0.15, 0.2) is 5.82 Å². The summed E-state index contributed by atoms with van der Waals surface area (Å²) in [6, 6.07) is 10.8. The number of benzene rings is 1. The molecule has 2 fully saturated rings. The van der Waals surface area contributed by atoms with Crippen molar-refractivity contribution in [2.24, 2.45) is 0 Å². The van der Waals surface area contributed by atoms with Crippen LogP contribution in [-0.4, -0.2) is 86.2 Å². The molecule has 7 rings (SSSR count). The van der Waals surface area contributed by atoms with E-state index in [2.05, 4.69) is 60.4 Å². The third-order valence-corrected chi connectivity index (χ3v) is 10.4. The molecule has 2 aliphatic heterocycles. The van der Waals surface area contributed by atoms with Crippen LogP contribution in [0.25, 0.3) is 16.7 Å². The molecule has 1 aliphatic carbocycles. The van der Waals surface area contributed by atoms with Gasteiger partial charge in [-0.25, -0.2) is 13.4 Å². The smallest absolute Gasteiger partial charge is 0.224 e. The lowest BCUT2D eigenvalue weighted by atomic mass is 9.96. The first-order valence-corrected chi connectivity index (χ1v) is 17.0. The summed E-state index contributed by atoms with van der Waals surface area (Å²) in [7, 11) is -2.97. The lowest BCUT2D eigenvalue weighted by molar-refractivity contribution is -0.119. The van der Waals surface area contributed by atoms with Crippen LogP contribution in [0.1, 0.15) is 50.8 Å². The van der Waals surface area contributed by atoms with Crippen LogP contribution < -0.4 is 10.2 Å². The van der Waals surface area contributed by atoms with E-state index in [1.807, 2.05) is 16.8 Å². The Hall–Kier alpha value is -4.00. The Balaban J connectivity index is 0.000000250. The minimum absolute atomic E-state index is 0.223. The Morgan fingerprint density at radius 2 is 1.79 bits per heavy atom. The maximum atomic E-state index is 11.9. The summed E-state index contributed by atoms with van der Waals surface area (Å²) < 4.78 is 27.9. The molecular weight excluding hydrogens is 566 g/mol. The van der Waals surface area contributed by atoms with E-state index in [1.165, 1.54) is 38.4 Å². The average molecular weight is 606 g/mol. The molecule has 0 atom stereocenters. The van der Waals surface area contributed by atoms with Crippen molar-refractivity contribution in [3.05, 3.63) is 54.9 Å². The molecular formula is C30H39N9O3S. The number of anilines is 2. The van der Waals surface area contributed by atoms with Crippen molar-refractivity contribution >= 4 is 38.8 Å². The van der Waals surface area contributed by atoms with Crippen LogP contribution in [0.2, 0.25) is 0 Å². The van der Waals surface area contributed by atoms with Gasteiger partial charge in [0.2, 0.25) is 12.4 Å². The van der Waals surface area contributed by atoms with E-state index in [1.54, 1.807) is 11.2 Å². The third-order valence-electron chi connectivity index (χ3n) is 8.74. The molecule has 3 aliphatic rings. The summed E-state index contributed by atoms with van der Waals surface area (Å²) in [4.78, 5) is 23.6. The minimum atomic E-state index is -2.97. The molecule has 228 valence electrons. The molecule has 4 aromatic rings. The Bertz CT molecular complexity index is 1650. The number of rotatable bonds is 6. The highest BCUT2D eigenvalue weighted by atomic mass is 32.2. The van der Waals surface area contributed by atoms with Crippen molar-refractivity contribution in [3.8, 4) is 5.82 Å². The van der Waals surface area contributed by atoms with Crippen molar-refractivity contribution in [2.45, 2.75) is 69.3 Å². The molecule has 1 saturated carbocycles. The summed E-state index contributed by atoms with van der Waals surface area (Å²) in [5, 5.41) is 12.1. The summed E-state index contributed by atoms with van der Waals surface area (Å²) >= 11 is 0. The topological polar surface area (TPSA) is 131 Å². The van der Waals surface area contributed by atoms with Gasteiger partial charge in [0.25, 0.3) is 0 Å². The van der Waals surface area contributed by atoms with Crippen LogP contribution in [0.3, 0.4) is 0 Å². The molecule has 0 spiro atoms. The first-order valence-electron chi connectivity index (χ1n) is 15.1. The lowest BCUT2D eigenvalue weighted by Gasteiger charge is -2.33. The second kappa shape index (κ2) is 12.7. The van der Waals surface area contributed by atoms with Gasteiger partial charge in [0, 0.05) is 61.9 Å². The van der Waals surface area contributed by atoms with Gasteiger partial charge >= 0.3 is 0 Å². The zero-order valence-corrected chi connectivity index (χ0v) is 25.4. The SMILES string of the molecule is CS(=O)(=O)C1CCN(c2cccc3c2ccn3-c2ccnc(NC3CCCCC3)n2)CC1.O=CN1CCn2cnnc2C1. The summed E-state index contributed by atoms with van der Waals surface area (Å²) in [6.07, 6.45) is 15.3. The first-order chi connectivity index (χ1) is 20.9. The third kappa shape index (κ3) is 6.66. The van der Waals surface area contributed by atoms with Crippen LogP contribution in [0.15, 0.2) is 49.1 Å². The molecule has 5 heterocycles. The minimum Gasteiger partial charge on any atom is -0.371 e. The average Bonchev–Trinajstić information content (AvgIpc) is 3.69. The fraction of sp³-hybridized carbons (Fsp3) is 0.500. The van der Waals surface area contributed by atoms with Crippen molar-refractivity contribution in [3.63, 3.8) is 0 Å². The van der Waals surface area contributed by atoms with Crippen LogP contribution in [0, 0.1) is 0 Å². The van der Waals surface area contributed by atoms with Crippen LogP contribution in [0.5, 0.6) is 0 Å². The number of carbonyl (C=O) groups is 1. The van der Waals surface area contributed by atoms with Crippen molar-refractivity contribution in [1.82, 2.24) is 34.2 Å². The number of fused-ring (bicyclic) bond motifs is 2. The second-order valence-electron chi connectivity index (χ2n) is 11.6. The molecule has 1 amide bonds. The number of amides is 1. The normalized spacial score (nSPS) is 18.2. The van der Waals surface area contributed by atoms with E-state index >= 15 is 0 Å². The molecule has 1 saturated heterocycles. The molecule has 3 aromatic heterocycles. The quantitative estimate of drug-likeness (QED) is 0.329. The van der Waals surface area contributed by atoms with Crippen LogP contribution >= 0.6 is 0 Å². The number of carbonyl (C=O) groups excluding carboxylic acids is 1. The summed E-state index contributed by atoms with van der Waals surface area (Å²) in [6.45, 7) is 3.66. The second-order valence-corrected chi connectivity index (χ2v) is 14.0. The van der Waals surface area contributed by atoms with Gasteiger partial charge in [-0.1, -0.05) is 25.3 Å². The predicted molar refractivity (Wildman–Crippen MR) is 166 cm³/mol. The largest absolute Gasteiger partial charge is 0.371 e. The maximum Gasteiger partial charge on any atom is 0.224 e. The van der Waals surface area contributed by atoms with Gasteiger partial charge < -0.3 is 24.3 Å². The van der Waals surface area contributed by atoms with Gasteiger partial charge in [0.1, 0.15) is 22.0 Å². The molecule has 1 aromatic carbocycles. The Labute approximate surface area is 252 Å². The van der Waals surface area contributed by atoms with E-state index < -0.39 is 9.84 Å². The fourth-order valence-corrected chi connectivity index (χ4v) is 7.38. The number of aromatic nitrogens is 6. The van der Waals surface area contributed by atoms with E-state index in [0.29, 0.717) is 31.4 Å². The first kappa shape index (κ1) is 29.1. The summed E-state index contributed by atoms with van der Waals surface area (Å²) in [5.74, 6) is 2.40. The highest BCUT2D eigenvalue weighted by molar-refractivity contribution is 7.91. The standard InChI is InChI=1S/C24H31N5O2S.C6H8N4O/c1-32(30,31)19-11-15-28(16-12-19)21-8-5-9-22-20(21)13-17-29(22)23-10-14-25-24(27-23)26-18-6-3-2-4-7-18;11-5-9-1-2-10-4-7-8-6(10)3-9/h5,8-10,13-14,17-19H,2-4,6-7,11-12,15-16H2,1H3,(H,25,26,27);4-5H,1-3H2. The van der Waals surface area contributed by atoms with Gasteiger partial charge in [-0.3, -0.25) is 4.79 Å². The van der Waals surface area contributed by atoms with Crippen molar-refractivity contribution in [2.75, 3.05) is 36.1 Å². The van der Waals surface area contributed by atoms with Gasteiger partial charge in [-0.05, 0) is 49.9 Å². The number of hydrogen-bond acceptors (Lipinski definition) is 9. The molecule has 1 N–H and O–H groups in total. The van der Waals surface area contributed by atoms with Gasteiger partial charge in [-0.2, -0.15) is 4.98 Å². The molecule has 43 heavy (non-hydrogen) atoms. The van der Waals surface area contributed by atoms with Gasteiger partial charge in [-0.15, -0.1) is 10.2 Å². The van der Waals surface area contributed by atoms with Crippen LogP contribution in [0.4, 0.5) is 11.6 Å². The van der Waals surface area contributed by atoms with Crippen molar-refractivity contribution in [1.29, 1.82) is 0 Å². The fourth-order valence-electron chi connectivity index (χ4n) is 6.31. The zero-order chi connectivity index (χ0) is 29.8. The number of nitrogens with zero attached hydrogens (tertiary/aromatic N) is 8. The number of nitrogens with one attached hydrogen (secondary N) is 1. The highest BCUT2D eigenvalue weighted by Crippen LogP contribution is 2.32. The maximum absolute atomic E-state index is 11.9. The zero-order valence-electron chi connectivity index (χ0n) is 24.5. The Morgan fingerprint density at radius 3 is 2.56 bits per heavy atom. The molecule has 12 nitrogen and oxygen atoms in total. The van der Waals surface area contributed by atoms with E-state index in [9.17, 15) is 13.2 Å².